The number of benzene rings is 1. The maximum atomic E-state index is 9.48. The van der Waals surface area contributed by atoms with E-state index in [0.29, 0.717) is 12.1 Å². The molecular weight excluding hydrogens is 194 g/mol. The summed E-state index contributed by atoms with van der Waals surface area (Å²) in [5.41, 5.74) is 0.574. The van der Waals surface area contributed by atoms with E-state index in [9.17, 15) is 5.11 Å². The molecule has 0 aliphatic rings. The molecule has 0 aromatic heterocycles. The third kappa shape index (κ3) is 4.18. The lowest BCUT2D eigenvalue weighted by Crippen LogP contribution is -2.16. The number of hydrogen-bond acceptors (Lipinski definition) is 4. The van der Waals surface area contributed by atoms with Gasteiger partial charge in [0.2, 0.25) is 0 Å². The van der Waals surface area contributed by atoms with Crippen molar-refractivity contribution in [2.24, 2.45) is 0 Å². The fraction of sp³-hybridized carbons (Fsp3) is 0.455. The summed E-state index contributed by atoms with van der Waals surface area (Å²) in [7, 11) is 1.73. The third-order valence-electron chi connectivity index (χ3n) is 1.78. The Bertz CT molecular complexity index is 289. The Morgan fingerprint density at radius 1 is 1.20 bits per heavy atom. The van der Waals surface area contributed by atoms with Crippen molar-refractivity contribution in [3.05, 3.63) is 23.8 Å². The number of aromatic hydroxyl groups is 2. The topological polar surface area (TPSA) is 72.7 Å². The predicted molar refractivity (Wildman–Crippen MR) is 60.0 cm³/mol. The van der Waals surface area contributed by atoms with Gasteiger partial charge in [0.05, 0.1) is 6.10 Å². The van der Waals surface area contributed by atoms with Gasteiger partial charge in [-0.1, -0.05) is 19.9 Å². The molecule has 0 aliphatic heterocycles. The fourth-order valence-corrected chi connectivity index (χ4v) is 1.06. The largest absolute Gasteiger partial charge is 0.504 e. The van der Waals surface area contributed by atoms with Gasteiger partial charge in [-0.15, -0.1) is 0 Å². The van der Waals surface area contributed by atoms with Crippen molar-refractivity contribution in [2.45, 2.75) is 20.0 Å². The summed E-state index contributed by atoms with van der Waals surface area (Å²) in [6, 6.07) is 4.26. The van der Waals surface area contributed by atoms with Crippen LogP contribution in [0.4, 0.5) is 0 Å². The minimum Gasteiger partial charge on any atom is -0.504 e. The van der Waals surface area contributed by atoms with Crippen molar-refractivity contribution < 1.29 is 15.3 Å². The smallest absolute Gasteiger partial charge is 0.157 e. The molecule has 0 aliphatic carbocycles. The van der Waals surface area contributed by atoms with Gasteiger partial charge >= 0.3 is 0 Å². The van der Waals surface area contributed by atoms with Crippen LogP contribution in [0, 0.1) is 0 Å². The average molecular weight is 213 g/mol. The number of phenols is 2. The molecule has 0 fully saturated rings. The molecule has 0 saturated heterocycles. The van der Waals surface area contributed by atoms with E-state index in [1.807, 2.05) is 13.8 Å². The first-order valence-corrected chi connectivity index (χ1v) is 4.99. The Hall–Kier alpha value is -1.26. The first kappa shape index (κ1) is 13.7. The Morgan fingerprint density at radius 2 is 1.80 bits per heavy atom. The Balaban J connectivity index is 0.000000921. The van der Waals surface area contributed by atoms with Gasteiger partial charge in [-0.25, -0.2) is 0 Å². The lowest BCUT2D eigenvalue weighted by Gasteiger charge is -2.10. The average Bonchev–Trinajstić information content (AvgIpc) is 2.25. The maximum Gasteiger partial charge on any atom is 0.157 e. The summed E-state index contributed by atoms with van der Waals surface area (Å²) in [5.74, 6) is -0.395. The molecule has 0 bridgehead atoms. The molecule has 0 unspecified atom stereocenters. The van der Waals surface area contributed by atoms with Gasteiger partial charge in [0, 0.05) is 6.54 Å². The normalized spacial score (nSPS) is 11.5. The Labute approximate surface area is 90.2 Å². The molecule has 0 heterocycles. The highest BCUT2D eigenvalue weighted by molar-refractivity contribution is 5.41. The lowest BCUT2D eigenvalue weighted by atomic mass is 10.1. The molecule has 1 aromatic carbocycles. The molecule has 4 heteroatoms. The van der Waals surface area contributed by atoms with Gasteiger partial charge in [0.1, 0.15) is 0 Å². The van der Waals surface area contributed by atoms with Crippen LogP contribution >= 0.6 is 0 Å². The van der Waals surface area contributed by atoms with Crippen molar-refractivity contribution in [2.75, 3.05) is 13.6 Å². The molecular formula is C11H19NO3. The van der Waals surface area contributed by atoms with Crippen molar-refractivity contribution >= 4 is 0 Å². The van der Waals surface area contributed by atoms with Crippen LogP contribution in [0.3, 0.4) is 0 Å². The summed E-state index contributed by atoms with van der Waals surface area (Å²) in [6.45, 7) is 4.41. The van der Waals surface area contributed by atoms with Crippen LogP contribution in [-0.4, -0.2) is 28.9 Å². The number of hydrogen-bond donors (Lipinski definition) is 4. The van der Waals surface area contributed by atoms with Gasteiger partial charge < -0.3 is 20.6 Å². The molecule has 0 saturated carbocycles. The van der Waals surface area contributed by atoms with Gasteiger partial charge in [-0.05, 0) is 24.7 Å². The van der Waals surface area contributed by atoms with Gasteiger partial charge in [-0.2, -0.15) is 0 Å². The summed E-state index contributed by atoms with van der Waals surface area (Å²) >= 11 is 0. The second-order valence-corrected chi connectivity index (χ2v) is 2.82. The minimum atomic E-state index is -0.670. The maximum absolute atomic E-state index is 9.48. The Kier molecular flexibility index (Phi) is 6.49. The highest BCUT2D eigenvalue weighted by Crippen LogP contribution is 2.27. The SMILES string of the molecule is CC.CNC[C@H](O)c1ccc(O)c(O)c1. The summed E-state index contributed by atoms with van der Waals surface area (Å²) in [4.78, 5) is 0. The lowest BCUT2D eigenvalue weighted by molar-refractivity contribution is 0.177. The highest BCUT2D eigenvalue weighted by atomic mass is 16.3. The second-order valence-electron chi connectivity index (χ2n) is 2.82. The van der Waals surface area contributed by atoms with Crippen LogP contribution in [0.2, 0.25) is 0 Å². The summed E-state index contributed by atoms with van der Waals surface area (Å²) in [5, 5.41) is 30.4. The first-order valence-electron chi connectivity index (χ1n) is 4.99. The third-order valence-corrected chi connectivity index (χ3v) is 1.78. The monoisotopic (exact) mass is 213 g/mol. The molecule has 0 radical (unpaired) electrons. The second kappa shape index (κ2) is 7.09. The summed E-state index contributed by atoms with van der Waals surface area (Å²) in [6.07, 6.45) is -0.670. The molecule has 0 amide bonds. The van der Waals surface area contributed by atoms with E-state index >= 15 is 0 Å². The van der Waals surface area contributed by atoms with E-state index in [1.54, 1.807) is 13.1 Å². The fourth-order valence-electron chi connectivity index (χ4n) is 1.06. The van der Waals surface area contributed by atoms with Crippen LogP contribution < -0.4 is 5.32 Å². The first-order chi connectivity index (χ1) is 7.15. The van der Waals surface area contributed by atoms with E-state index in [-0.39, 0.29) is 11.5 Å². The highest BCUT2D eigenvalue weighted by Gasteiger charge is 2.08. The predicted octanol–water partition coefficient (Wildman–Crippen LogP) is 1.38. The molecule has 1 rings (SSSR count). The molecule has 1 atom stereocenters. The number of aliphatic hydroxyl groups excluding tert-OH is 1. The van der Waals surface area contributed by atoms with Crippen LogP contribution in [0.25, 0.3) is 0 Å². The van der Waals surface area contributed by atoms with E-state index in [4.69, 9.17) is 10.2 Å². The number of aliphatic hydroxyl groups is 1. The zero-order valence-corrected chi connectivity index (χ0v) is 9.36. The van der Waals surface area contributed by atoms with Gasteiger partial charge in [0.15, 0.2) is 11.5 Å². The van der Waals surface area contributed by atoms with Crippen LogP contribution in [0.15, 0.2) is 18.2 Å². The molecule has 4 N–H and O–H groups in total. The van der Waals surface area contributed by atoms with Crippen LogP contribution in [0.5, 0.6) is 11.5 Å². The Morgan fingerprint density at radius 3 is 2.27 bits per heavy atom. The van der Waals surface area contributed by atoms with Crippen molar-refractivity contribution in [1.29, 1.82) is 0 Å². The molecule has 86 valence electrons. The number of rotatable bonds is 3. The number of phenolic OH excluding ortho intramolecular Hbond substituents is 2. The molecule has 0 spiro atoms. The number of likely N-dealkylation sites (N-methyl/N-ethyl adjacent to an activating group) is 1. The van der Waals surface area contributed by atoms with E-state index < -0.39 is 6.10 Å². The summed E-state index contributed by atoms with van der Waals surface area (Å²) < 4.78 is 0. The quantitative estimate of drug-likeness (QED) is 0.572. The van der Waals surface area contributed by atoms with E-state index in [0.717, 1.165) is 0 Å². The van der Waals surface area contributed by atoms with Crippen LogP contribution in [0.1, 0.15) is 25.5 Å². The van der Waals surface area contributed by atoms with Gasteiger partial charge in [-0.3, -0.25) is 0 Å². The minimum absolute atomic E-state index is 0.180. The van der Waals surface area contributed by atoms with Gasteiger partial charge in [0.25, 0.3) is 0 Å². The number of nitrogens with one attached hydrogen (secondary N) is 1. The van der Waals surface area contributed by atoms with Crippen molar-refractivity contribution in [1.82, 2.24) is 5.32 Å². The zero-order valence-electron chi connectivity index (χ0n) is 9.36. The molecule has 1 aromatic rings. The van der Waals surface area contributed by atoms with Crippen molar-refractivity contribution in [3.63, 3.8) is 0 Å². The van der Waals surface area contributed by atoms with Crippen molar-refractivity contribution in [3.8, 4) is 11.5 Å². The standard InChI is InChI=1S/C9H13NO3.C2H6/c1-10-5-9(13)6-2-3-7(11)8(12)4-6;1-2/h2-4,9-13H,5H2,1H3;1-2H3/t9-;/m0./s1. The molecule has 15 heavy (non-hydrogen) atoms. The zero-order chi connectivity index (χ0) is 11.8. The van der Waals surface area contributed by atoms with E-state index in [2.05, 4.69) is 5.32 Å². The van der Waals surface area contributed by atoms with Crippen LogP contribution in [-0.2, 0) is 0 Å². The molecule has 4 nitrogen and oxygen atoms in total. The van der Waals surface area contributed by atoms with E-state index in [1.165, 1.54) is 12.1 Å².